The summed E-state index contributed by atoms with van der Waals surface area (Å²) in [4.78, 5) is 8.22. The van der Waals surface area contributed by atoms with Crippen LogP contribution in [0.15, 0.2) is 6.33 Å². The van der Waals surface area contributed by atoms with Crippen LogP contribution in [0.3, 0.4) is 0 Å². The van der Waals surface area contributed by atoms with E-state index in [4.69, 9.17) is 9.84 Å². The van der Waals surface area contributed by atoms with Gasteiger partial charge in [0.2, 0.25) is 5.88 Å². The molecule has 0 radical (unpaired) electrons. The van der Waals surface area contributed by atoms with Crippen LogP contribution in [0.25, 0.3) is 0 Å². The first-order chi connectivity index (χ1) is 8.22. The average Bonchev–Trinajstić information content (AvgIpc) is 2.36. The van der Waals surface area contributed by atoms with E-state index in [1.54, 1.807) is 7.11 Å². The topological polar surface area (TPSA) is 67.3 Å². The minimum absolute atomic E-state index is 0.228. The van der Waals surface area contributed by atoms with Crippen LogP contribution in [0.5, 0.6) is 5.88 Å². The highest BCUT2D eigenvalue weighted by molar-refractivity contribution is 5.47. The van der Waals surface area contributed by atoms with E-state index >= 15 is 0 Å². The van der Waals surface area contributed by atoms with Gasteiger partial charge in [-0.25, -0.2) is 9.97 Å². The van der Waals surface area contributed by atoms with Gasteiger partial charge in [0.1, 0.15) is 12.1 Å². The number of hydrogen-bond donors (Lipinski definition) is 2. The van der Waals surface area contributed by atoms with Crippen LogP contribution >= 0.6 is 0 Å². The van der Waals surface area contributed by atoms with Crippen LogP contribution in [0, 0.1) is 12.8 Å². The van der Waals surface area contributed by atoms with E-state index in [1.165, 1.54) is 6.33 Å². The third-order valence-corrected chi connectivity index (χ3v) is 2.90. The van der Waals surface area contributed by atoms with Crippen LogP contribution in [0.1, 0.15) is 25.3 Å². The molecule has 0 saturated carbocycles. The largest absolute Gasteiger partial charge is 0.481 e. The molecule has 0 bridgehead atoms. The summed E-state index contributed by atoms with van der Waals surface area (Å²) in [6.07, 6.45) is 3.33. The van der Waals surface area contributed by atoms with E-state index in [0.717, 1.165) is 30.8 Å². The second-order valence-electron chi connectivity index (χ2n) is 4.02. The normalized spacial score (nSPS) is 12.2. The Balaban J connectivity index is 2.62. The molecule has 0 spiro atoms. The van der Waals surface area contributed by atoms with Crippen molar-refractivity contribution in [2.75, 3.05) is 25.6 Å². The molecule has 5 heteroatoms. The second-order valence-corrected chi connectivity index (χ2v) is 4.02. The zero-order valence-electron chi connectivity index (χ0n) is 10.7. The maximum absolute atomic E-state index is 8.93. The van der Waals surface area contributed by atoms with E-state index < -0.39 is 0 Å². The lowest BCUT2D eigenvalue weighted by molar-refractivity contribution is 0.258. The zero-order chi connectivity index (χ0) is 12.7. The van der Waals surface area contributed by atoms with E-state index in [1.807, 2.05) is 6.92 Å². The van der Waals surface area contributed by atoms with E-state index in [9.17, 15) is 0 Å². The summed E-state index contributed by atoms with van der Waals surface area (Å²) >= 11 is 0. The van der Waals surface area contributed by atoms with Crippen molar-refractivity contribution in [3.05, 3.63) is 11.9 Å². The number of rotatable bonds is 7. The summed E-state index contributed by atoms with van der Waals surface area (Å²) in [6, 6.07) is 0. The molecule has 0 aliphatic carbocycles. The van der Waals surface area contributed by atoms with Crippen molar-refractivity contribution in [3.8, 4) is 5.88 Å². The van der Waals surface area contributed by atoms with E-state index in [2.05, 4.69) is 22.2 Å². The molecule has 1 aromatic heterocycles. The maximum atomic E-state index is 8.93. The molecule has 0 aliphatic heterocycles. The molecule has 0 amide bonds. The Bertz CT molecular complexity index is 345. The van der Waals surface area contributed by atoms with E-state index in [0.29, 0.717) is 11.8 Å². The number of hydrogen-bond acceptors (Lipinski definition) is 5. The van der Waals surface area contributed by atoms with Crippen molar-refractivity contribution in [1.82, 2.24) is 9.97 Å². The summed E-state index contributed by atoms with van der Waals surface area (Å²) in [5.74, 6) is 1.85. The Morgan fingerprint density at radius 1 is 1.47 bits per heavy atom. The number of nitrogens with one attached hydrogen (secondary N) is 1. The molecule has 1 aromatic rings. The van der Waals surface area contributed by atoms with Crippen molar-refractivity contribution in [3.63, 3.8) is 0 Å². The van der Waals surface area contributed by atoms with Crippen LogP contribution in [-0.4, -0.2) is 35.3 Å². The lowest BCUT2D eigenvalue weighted by atomic mass is 10.0. The standard InChI is InChI=1S/C12H21N3O2/c1-4-10(5-6-16)7-13-11-9(2)12(17-3)15-8-14-11/h8,10,16H,4-7H2,1-3H3,(H,13,14,15). The number of aliphatic hydroxyl groups is 1. The molecule has 17 heavy (non-hydrogen) atoms. The van der Waals surface area contributed by atoms with Gasteiger partial charge < -0.3 is 15.2 Å². The van der Waals surface area contributed by atoms with Crippen molar-refractivity contribution < 1.29 is 9.84 Å². The van der Waals surface area contributed by atoms with Crippen molar-refractivity contribution in [1.29, 1.82) is 0 Å². The van der Waals surface area contributed by atoms with Crippen molar-refractivity contribution >= 4 is 5.82 Å². The predicted molar refractivity (Wildman–Crippen MR) is 67.3 cm³/mol. The molecule has 0 saturated heterocycles. The Labute approximate surface area is 102 Å². The summed E-state index contributed by atoms with van der Waals surface area (Å²) in [6.45, 7) is 5.08. The first-order valence-corrected chi connectivity index (χ1v) is 5.93. The number of ether oxygens (including phenoxy) is 1. The monoisotopic (exact) mass is 239 g/mol. The maximum Gasteiger partial charge on any atom is 0.221 e. The Kier molecular flexibility index (Phi) is 5.69. The third kappa shape index (κ3) is 3.85. The second kappa shape index (κ2) is 7.06. The highest BCUT2D eigenvalue weighted by atomic mass is 16.5. The molecule has 0 aliphatic rings. The third-order valence-electron chi connectivity index (χ3n) is 2.90. The molecule has 1 rings (SSSR count). The number of methoxy groups -OCH3 is 1. The fourth-order valence-electron chi connectivity index (χ4n) is 1.69. The summed E-state index contributed by atoms with van der Waals surface area (Å²) in [5, 5.41) is 12.2. The first kappa shape index (κ1) is 13.7. The van der Waals surface area contributed by atoms with Gasteiger partial charge in [0.25, 0.3) is 0 Å². The molecule has 0 fully saturated rings. The number of aliphatic hydroxyl groups excluding tert-OH is 1. The minimum Gasteiger partial charge on any atom is -0.481 e. The fourth-order valence-corrected chi connectivity index (χ4v) is 1.69. The minimum atomic E-state index is 0.228. The van der Waals surface area contributed by atoms with E-state index in [-0.39, 0.29) is 6.61 Å². The Morgan fingerprint density at radius 2 is 2.24 bits per heavy atom. The highest BCUT2D eigenvalue weighted by Crippen LogP contribution is 2.20. The molecule has 1 heterocycles. The lowest BCUT2D eigenvalue weighted by Gasteiger charge is -2.16. The summed E-state index contributed by atoms with van der Waals surface area (Å²) in [7, 11) is 1.60. The van der Waals surface area contributed by atoms with Gasteiger partial charge in [0.05, 0.1) is 12.7 Å². The summed E-state index contributed by atoms with van der Waals surface area (Å²) in [5.41, 5.74) is 0.911. The predicted octanol–water partition coefficient (Wildman–Crippen LogP) is 1.61. The molecule has 2 N–H and O–H groups in total. The van der Waals surface area contributed by atoms with Crippen LogP contribution in [0.2, 0.25) is 0 Å². The van der Waals surface area contributed by atoms with Gasteiger partial charge in [0, 0.05) is 13.2 Å². The smallest absolute Gasteiger partial charge is 0.221 e. The van der Waals surface area contributed by atoms with Crippen LogP contribution in [-0.2, 0) is 0 Å². The molecule has 5 nitrogen and oxygen atoms in total. The number of anilines is 1. The van der Waals surface area contributed by atoms with Gasteiger partial charge in [0.15, 0.2) is 0 Å². The van der Waals surface area contributed by atoms with Crippen molar-refractivity contribution in [2.45, 2.75) is 26.7 Å². The number of aromatic nitrogens is 2. The van der Waals surface area contributed by atoms with Crippen molar-refractivity contribution in [2.24, 2.45) is 5.92 Å². The quantitative estimate of drug-likeness (QED) is 0.756. The molecule has 1 atom stereocenters. The Hall–Kier alpha value is -1.36. The summed E-state index contributed by atoms with van der Waals surface area (Å²) < 4.78 is 5.14. The van der Waals surface area contributed by atoms with Gasteiger partial charge in [-0.1, -0.05) is 13.3 Å². The SMILES string of the molecule is CCC(CCO)CNc1ncnc(OC)c1C. The van der Waals surface area contributed by atoms with Crippen LogP contribution < -0.4 is 10.1 Å². The van der Waals surface area contributed by atoms with Gasteiger partial charge in [-0.3, -0.25) is 0 Å². The van der Waals surface area contributed by atoms with Gasteiger partial charge in [-0.05, 0) is 19.3 Å². The van der Waals surface area contributed by atoms with Gasteiger partial charge in [-0.15, -0.1) is 0 Å². The van der Waals surface area contributed by atoms with Gasteiger partial charge in [-0.2, -0.15) is 0 Å². The average molecular weight is 239 g/mol. The molecule has 0 aromatic carbocycles. The Morgan fingerprint density at radius 3 is 2.82 bits per heavy atom. The number of nitrogens with zero attached hydrogens (tertiary/aromatic N) is 2. The first-order valence-electron chi connectivity index (χ1n) is 5.93. The van der Waals surface area contributed by atoms with Gasteiger partial charge >= 0.3 is 0 Å². The molecule has 1 unspecified atom stereocenters. The molecular formula is C12H21N3O2. The van der Waals surface area contributed by atoms with Crippen LogP contribution in [0.4, 0.5) is 5.82 Å². The zero-order valence-corrected chi connectivity index (χ0v) is 10.7. The fraction of sp³-hybridized carbons (Fsp3) is 0.667. The lowest BCUT2D eigenvalue weighted by Crippen LogP contribution is -2.16. The highest BCUT2D eigenvalue weighted by Gasteiger charge is 2.09. The molecular weight excluding hydrogens is 218 g/mol. The molecule has 96 valence electrons.